The third kappa shape index (κ3) is 4.04. The van der Waals surface area contributed by atoms with Crippen LogP contribution in [0.25, 0.3) is 33.5 Å². The van der Waals surface area contributed by atoms with Crippen LogP contribution >= 0.6 is 0 Å². The van der Waals surface area contributed by atoms with Crippen molar-refractivity contribution in [3.8, 4) is 11.5 Å². The van der Waals surface area contributed by atoms with E-state index in [0.29, 0.717) is 12.1 Å². The lowest BCUT2D eigenvalue weighted by molar-refractivity contribution is 0.0613. The van der Waals surface area contributed by atoms with Crippen molar-refractivity contribution in [2.24, 2.45) is 12.8 Å². The average Bonchev–Trinajstić information content (AvgIpc) is 3.38. The highest BCUT2D eigenvalue weighted by molar-refractivity contribution is 5.98. The van der Waals surface area contributed by atoms with Crippen molar-refractivity contribution < 1.29 is 4.79 Å². The zero-order valence-electron chi connectivity index (χ0n) is 20.4. The van der Waals surface area contributed by atoms with Crippen molar-refractivity contribution in [1.82, 2.24) is 19.0 Å². The number of piperidine rings is 1. The first kappa shape index (κ1) is 23.1. The Hall–Kier alpha value is -3.12. The summed E-state index contributed by atoms with van der Waals surface area (Å²) in [6, 6.07) is 16.7. The molecule has 1 aliphatic heterocycles. The number of nitrogens with zero attached hydrogens (tertiary/aromatic N) is 4. The third-order valence-electron chi connectivity index (χ3n) is 6.66. The fraction of sp³-hybridized carbons (Fsp3) is 0.407. The number of hydrogen-bond acceptors (Lipinski definition) is 3. The number of amides is 1. The highest BCUT2D eigenvalue weighted by atomic mass is 16.2. The molecule has 3 heterocycles. The van der Waals surface area contributed by atoms with Gasteiger partial charge in [-0.05, 0) is 57.0 Å². The number of imidazole rings is 1. The minimum absolute atomic E-state index is 0.0411. The van der Waals surface area contributed by atoms with E-state index in [1.54, 1.807) is 0 Å². The van der Waals surface area contributed by atoms with Crippen LogP contribution < -0.4 is 5.73 Å². The lowest BCUT2D eigenvalue weighted by atomic mass is 9.99. The molecule has 0 radical (unpaired) electrons. The SMILES string of the molecule is CC.CCn1c(-c2nc3cc(C(=O)N4C[C@@H](N)CC[C@H]4C)ccc3n2C)cc2ccccc21. The Morgan fingerprint density at radius 1 is 1.09 bits per heavy atom. The second-order valence-corrected chi connectivity index (χ2v) is 8.67. The maximum absolute atomic E-state index is 13.2. The predicted octanol–water partition coefficient (Wildman–Crippen LogP) is 5.19. The minimum atomic E-state index is 0.0411. The molecule has 2 atom stereocenters. The van der Waals surface area contributed by atoms with Gasteiger partial charge in [0.25, 0.3) is 5.91 Å². The molecule has 1 aliphatic rings. The number of aryl methyl sites for hydroxylation is 2. The number of para-hydroxylation sites is 1. The normalized spacial score (nSPS) is 18.4. The average molecular weight is 446 g/mol. The number of likely N-dealkylation sites (tertiary alicyclic amines) is 1. The summed E-state index contributed by atoms with van der Waals surface area (Å²) in [6.07, 6.45) is 1.92. The van der Waals surface area contributed by atoms with Crippen LogP contribution in [-0.2, 0) is 13.6 Å². The van der Waals surface area contributed by atoms with E-state index < -0.39 is 0 Å². The Kier molecular flexibility index (Phi) is 6.56. The van der Waals surface area contributed by atoms with Gasteiger partial charge in [-0.1, -0.05) is 32.0 Å². The van der Waals surface area contributed by atoms with Crippen LogP contribution in [-0.4, -0.2) is 43.6 Å². The van der Waals surface area contributed by atoms with Gasteiger partial charge in [0, 0.05) is 48.7 Å². The lowest BCUT2D eigenvalue weighted by Crippen LogP contribution is -2.50. The summed E-state index contributed by atoms with van der Waals surface area (Å²) in [5, 5.41) is 1.21. The van der Waals surface area contributed by atoms with Gasteiger partial charge in [-0.15, -0.1) is 0 Å². The molecule has 1 saturated heterocycles. The van der Waals surface area contributed by atoms with Crippen LogP contribution in [0.2, 0.25) is 0 Å². The number of carbonyl (C=O) groups is 1. The van der Waals surface area contributed by atoms with E-state index in [1.807, 2.05) is 44.0 Å². The van der Waals surface area contributed by atoms with Crippen LogP contribution in [0.1, 0.15) is 50.9 Å². The zero-order valence-corrected chi connectivity index (χ0v) is 20.4. The van der Waals surface area contributed by atoms with Gasteiger partial charge >= 0.3 is 0 Å². The molecule has 6 heteroatoms. The third-order valence-corrected chi connectivity index (χ3v) is 6.66. The van der Waals surface area contributed by atoms with Crippen LogP contribution in [0, 0.1) is 0 Å². The molecule has 0 unspecified atom stereocenters. The Morgan fingerprint density at radius 3 is 2.61 bits per heavy atom. The number of hydrogen-bond donors (Lipinski definition) is 1. The van der Waals surface area contributed by atoms with Crippen LogP contribution in [0.5, 0.6) is 0 Å². The summed E-state index contributed by atoms with van der Waals surface area (Å²) < 4.78 is 4.41. The summed E-state index contributed by atoms with van der Waals surface area (Å²) >= 11 is 0. The largest absolute Gasteiger partial charge is 0.338 e. The van der Waals surface area contributed by atoms with E-state index in [4.69, 9.17) is 10.7 Å². The number of benzene rings is 2. The van der Waals surface area contributed by atoms with Crippen molar-refractivity contribution >= 4 is 27.8 Å². The molecular weight excluding hydrogens is 410 g/mol. The zero-order chi connectivity index (χ0) is 23.7. The fourth-order valence-corrected chi connectivity index (χ4v) is 4.88. The van der Waals surface area contributed by atoms with Crippen LogP contribution in [0.3, 0.4) is 0 Å². The quantitative estimate of drug-likeness (QED) is 0.472. The first-order valence-electron chi connectivity index (χ1n) is 12.1. The lowest BCUT2D eigenvalue weighted by Gasteiger charge is -2.36. The second-order valence-electron chi connectivity index (χ2n) is 8.67. The molecule has 33 heavy (non-hydrogen) atoms. The van der Waals surface area contributed by atoms with E-state index in [0.717, 1.165) is 41.9 Å². The highest BCUT2D eigenvalue weighted by Gasteiger charge is 2.28. The predicted molar refractivity (Wildman–Crippen MR) is 136 cm³/mol. The standard InChI is InChI=1S/C25H29N5O.C2H6/c1-4-29-21-8-6-5-7-17(21)14-23(29)24-27-20-13-18(10-12-22(20)28(24)3)25(31)30-15-19(26)11-9-16(30)2;1-2/h5-8,10,12-14,16,19H,4,9,11,15,26H2,1-3H3;1-2H3/t16-,19+;/m1./s1. The van der Waals surface area contributed by atoms with Gasteiger partial charge in [0.05, 0.1) is 16.7 Å². The Labute approximate surface area is 196 Å². The van der Waals surface area contributed by atoms with Crippen LogP contribution in [0.4, 0.5) is 0 Å². The molecule has 5 rings (SSSR count). The molecular formula is C27H35N5O. The first-order chi connectivity index (χ1) is 16.0. The number of aromatic nitrogens is 3. The van der Waals surface area contributed by atoms with Gasteiger partial charge < -0.3 is 19.8 Å². The van der Waals surface area contributed by atoms with Crippen molar-refractivity contribution in [2.45, 2.75) is 59.2 Å². The molecule has 0 aliphatic carbocycles. The van der Waals surface area contributed by atoms with Gasteiger partial charge in [0.1, 0.15) is 0 Å². The smallest absolute Gasteiger partial charge is 0.254 e. The summed E-state index contributed by atoms with van der Waals surface area (Å²) in [6.45, 7) is 9.73. The number of nitrogens with two attached hydrogens (primary N) is 1. The molecule has 2 aromatic carbocycles. The molecule has 1 fully saturated rings. The molecule has 0 spiro atoms. The van der Waals surface area contributed by atoms with E-state index in [2.05, 4.69) is 53.3 Å². The second kappa shape index (κ2) is 9.40. The van der Waals surface area contributed by atoms with Gasteiger partial charge in [-0.2, -0.15) is 0 Å². The molecule has 2 N–H and O–H groups in total. The van der Waals surface area contributed by atoms with E-state index in [9.17, 15) is 4.79 Å². The van der Waals surface area contributed by atoms with Crippen molar-refractivity contribution in [1.29, 1.82) is 0 Å². The highest BCUT2D eigenvalue weighted by Crippen LogP contribution is 2.30. The Bertz CT molecular complexity index is 1280. The summed E-state index contributed by atoms with van der Waals surface area (Å²) in [4.78, 5) is 20.1. The molecule has 6 nitrogen and oxygen atoms in total. The van der Waals surface area contributed by atoms with Crippen molar-refractivity contribution in [2.75, 3.05) is 6.54 Å². The molecule has 4 aromatic rings. The number of fused-ring (bicyclic) bond motifs is 2. The summed E-state index contributed by atoms with van der Waals surface area (Å²) in [5.41, 5.74) is 11.0. The van der Waals surface area contributed by atoms with E-state index in [1.165, 1.54) is 10.9 Å². The van der Waals surface area contributed by atoms with Gasteiger partial charge in [-0.25, -0.2) is 4.98 Å². The molecule has 0 saturated carbocycles. The van der Waals surface area contributed by atoms with Gasteiger partial charge in [-0.3, -0.25) is 4.79 Å². The van der Waals surface area contributed by atoms with E-state index in [-0.39, 0.29) is 18.0 Å². The van der Waals surface area contributed by atoms with Gasteiger partial charge in [0.2, 0.25) is 0 Å². The Morgan fingerprint density at radius 2 is 1.85 bits per heavy atom. The maximum atomic E-state index is 13.2. The van der Waals surface area contributed by atoms with E-state index >= 15 is 0 Å². The number of rotatable bonds is 3. The Balaban J connectivity index is 0.00000126. The monoisotopic (exact) mass is 445 g/mol. The minimum Gasteiger partial charge on any atom is -0.338 e. The maximum Gasteiger partial charge on any atom is 0.254 e. The molecule has 0 bridgehead atoms. The molecule has 174 valence electrons. The summed E-state index contributed by atoms with van der Waals surface area (Å²) in [5.74, 6) is 0.949. The van der Waals surface area contributed by atoms with Crippen LogP contribution in [0.15, 0.2) is 48.5 Å². The van der Waals surface area contributed by atoms with Crippen molar-refractivity contribution in [3.63, 3.8) is 0 Å². The van der Waals surface area contributed by atoms with Gasteiger partial charge in [0.15, 0.2) is 5.82 Å². The fourth-order valence-electron chi connectivity index (χ4n) is 4.88. The topological polar surface area (TPSA) is 69.1 Å². The van der Waals surface area contributed by atoms with Crippen molar-refractivity contribution in [3.05, 3.63) is 54.1 Å². The number of carbonyl (C=O) groups excluding carboxylic acids is 1. The first-order valence-corrected chi connectivity index (χ1v) is 12.1. The molecule has 2 aromatic heterocycles. The molecule has 1 amide bonds. The summed E-state index contributed by atoms with van der Waals surface area (Å²) in [7, 11) is 2.04.